The molecule has 0 bridgehead atoms. The van der Waals surface area contributed by atoms with Crippen LogP contribution in [0.15, 0.2) is 61.6 Å². The van der Waals surface area contributed by atoms with Gasteiger partial charge in [0.05, 0.1) is 19.5 Å². The molecule has 0 spiro atoms. The predicted molar refractivity (Wildman–Crippen MR) is 112 cm³/mol. The van der Waals surface area contributed by atoms with E-state index in [-0.39, 0.29) is 0 Å². The zero-order valence-corrected chi connectivity index (χ0v) is 16.2. The number of hydrogen-bond acceptors (Lipinski definition) is 5. The molecule has 0 atom stereocenters. The van der Waals surface area contributed by atoms with Gasteiger partial charge in [0, 0.05) is 43.0 Å². The molecule has 5 rings (SSSR count). The van der Waals surface area contributed by atoms with E-state index in [9.17, 15) is 0 Å². The lowest BCUT2D eigenvalue weighted by molar-refractivity contribution is 0.0322. The van der Waals surface area contributed by atoms with Gasteiger partial charge in [0.25, 0.3) is 0 Å². The number of hydrogen-bond donors (Lipinski definition) is 0. The summed E-state index contributed by atoms with van der Waals surface area (Å²) in [5.74, 6) is 2.23. The van der Waals surface area contributed by atoms with Crippen LogP contribution < -0.4 is 9.47 Å². The van der Waals surface area contributed by atoms with Crippen LogP contribution in [0.2, 0.25) is 0 Å². The fourth-order valence-electron chi connectivity index (χ4n) is 3.64. The van der Waals surface area contributed by atoms with Crippen LogP contribution in [0, 0.1) is 0 Å². The van der Waals surface area contributed by atoms with E-state index in [0.717, 1.165) is 66.7 Å². The fraction of sp³-hybridized carbons (Fsp3) is 0.261. The molecule has 1 fully saturated rings. The van der Waals surface area contributed by atoms with Crippen molar-refractivity contribution in [3.05, 3.63) is 72.8 Å². The van der Waals surface area contributed by atoms with Crippen LogP contribution in [0.1, 0.15) is 11.3 Å². The molecule has 3 aromatic rings. The maximum atomic E-state index is 6.17. The largest absolute Gasteiger partial charge is 0.492 e. The summed E-state index contributed by atoms with van der Waals surface area (Å²) in [4.78, 5) is 6.87. The molecule has 4 heterocycles. The highest BCUT2D eigenvalue weighted by atomic mass is 16.5. The van der Waals surface area contributed by atoms with Crippen LogP contribution in [0.5, 0.6) is 11.5 Å². The molecular formula is C23H23N3O3. The first-order valence-corrected chi connectivity index (χ1v) is 9.85. The summed E-state index contributed by atoms with van der Waals surface area (Å²) in [6, 6.07) is 11.9. The first-order chi connectivity index (χ1) is 14.3. The molecule has 2 aliphatic heterocycles. The second-order valence-corrected chi connectivity index (χ2v) is 7.21. The molecule has 1 aromatic carbocycles. The molecule has 0 aliphatic carbocycles. The van der Waals surface area contributed by atoms with E-state index in [1.165, 1.54) is 0 Å². The lowest BCUT2D eigenvalue weighted by atomic mass is 10.0. The van der Waals surface area contributed by atoms with E-state index in [1.54, 1.807) is 6.33 Å². The summed E-state index contributed by atoms with van der Waals surface area (Å²) in [6.07, 6.45) is 5.69. The number of nitrogens with zero attached hydrogens (tertiary/aromatic N) is 3. The minimum atomic E-state index is 0.634. The van der Waals surface area contributed by atoms with E-state index in [1.807, 2.05) is 53.1 Å². The summed E-state index contributed by atoms with van der Waals surface area (Å²) < 4.78 is 19.5. The molecule has 1 saturated heterocycles. The monoisotopic (exact) mass is 389 g/mol. The predicted octanol–water partition coefficient (Wildman–Crippen LogP) is 3.49. The SMILES string of the molecule is C=C1C=C(c2cc3cccn3cn2)Oc2cc(OCCN3CCOCC3)ccc21. The fourth-order valence-corrected chi connectivity index (χ4v) is 3.64. The first-order valence-electron chi connectivity index (χ1n) is 9.85. The molecule has 2 aliphatic rings. The van der Waals surface area contributed by atoms with E-state index in [2.05, 4.69) is 16.5 Å². The molecule has 29 heavy (non-hydrogen) atoms. The Kier molecular flexibility index (Phi) is 4.79. The summed E-state index contributed by atoms with van der Waals surface area (Å²) in [7, 11) is 0. The van der Waals surface area contributed by atoms with Gasteiger partial charge in [-0.3, -0.25) is 4.90 Å². The molecule has 0 unspecified atom stereocenters. The van der Waals surface area contributed by atoms with Crippen LogP contribution in [-0.4, -0.2) is 53.7 Å². The maximum absolute atomic E-state index is 6.17. The second-order valence-electron chi connectivity index (χ2n) is 7.21. The number of benzene rings is 1. The van der Waals surface area contributed by atoms with Crippen molar-refractivity contribution in [2.45, 2.75) is 0 Å². The smallest absolute Gasteiger partial charge is 0.153 e. The molecule has 6 nitrogen and oxygen atoms in total. The van der Waals surface area contributed by atoms with Crippen LogP contribution in [0.4, 0.5) is 0 Å². The Bertz CT molecular complexity index is 1080. The molecular weight excluding hydrogens is 366 g/mol. The molecule has 6 heteroatoms. The van der Waals surface area contributed by atoms with Gasteiger partial charge in [0.15, 0.2) is 5.76 Å². The standard InChI is InChI=1S/C23H23N3O3/c1-17-13-23(21-14-18-3-2-6-26(18)16-24-21)29-22-15-19(4-5-20(17)22)28-12-9-25-7-10-27-11-8-25/h2-6,13-16H,1,7-12H2. The molecule has 2 aromatic heterocycles. The van der Waals surface area contributed by atoms with Gasteiger partial charge < -0.3 is 18.6 Å². The Hall–Kier alpha value is -3.09. The van der Waals surface area contributed by atoms with Crippen molar-refractivity contribution in [3.63, 3.8) is 0 Å². The Labute approximate surface area is 169 Å². The van der Waals surface area contributed by atoms with Gasteiger partial charge in [-0.1, -0.05) is 6.58 Å². The molecule has 0 saturated carbocycles. The quantitative estimate of drug-likeness (QED) is 0.669. The van der Waals surface area contributed by atoms with Gasteiger partial charge in [-0.25, -0.2) is 4.98 Å². The van der Waals surface area contributed by atoms with Gasteiger partial charge in [0.1, 0.15) is 23.8 Å². The van der Waals surface area contributed by atoms with Crippen molar-refractivity contribution in [1.82, 2.24) is 14.3 Å². The van der Waals surface area contributed by atoms with Crippen molar-refractivity contribution in [1.29, 1.82) is 0 Å². The summed E-state index contributed by atoms with van der Waals surface area (Å²) in [5, 5.41) is 0. The van der Waals surface area contributed by atoms with E-state index in [4.69, 9.17) is 14.2 Å². The van der Waals surface area contributed by atoms with E-state index in [0.29, 0.717) is 12.4 Å². The highest BCUT2D eigenvalue weighted by molar-refractivity contribution is 5.87. The summed E-state index contributed by atoms with van der Waals surface area (Å²) in [6.45, 7) is 9.23. The second kappa shape index (κ2) is 7.73. The average molecular weight is 389 g/mol. The van der Waals surface area contributed by atoms with Crippen molar-refractivity contribution in [2.24, 2.45) is 0 Å². The van der Waals surface area contributed by atoms with Crippen molar-refractivity contribution < 1.29 is 14.2 Å². The van der Waals surface area contributed by atoms with Gasteiger partial charge in [0.2, 0.25) is 0 Å². The van der Waals surface area contributed by atoms with Crippen LogP contribution in [0.3, 0.4) is 0 Å². The van der Waals surface area contributed by atoms with Crippen molar-refractivity contribution in [2.75, 3.05) is 39.5 Å². The Morgan fingerprint density at radius 2 is 2.03 bits per heavy atom. The number of morpholine rings is 1. The van der Waals surface area contributed by atoms with Gasteiger partial charge >= 0.3 is 0 Å². The van der Waals surface area contributed by atoms with Crippen LogP contribution >= 0.6 is 0 Å². The van der Waals surface area contributed by atoms with Crippen LogP contribution in [0.25, 0.3) is 16.8 Å². The lowest BCUT2D eigenvalue weighted by Gasteiger charge is -2.26. The van der Waals surface area contributed by atoms with Gasteiger partial charge in [-0.05, 0) is 42.0 Å². The number of aromatic nitrogens is 2. The van der Waals surface area contributed by atoms with E-state index < -0.39 is 0 Å². The Balaban J connectivity index is 1.30. The number of ether oxygens (including phenoxy) is 3. The third-order valence-corrected chi connectivity index (χ3v) is 5.27. The molecule has 0 N–H and O–H groups in total. The highest BCUT2D eigenvalue weighted by Crippen LogP contribution is 2.38. The highest BCUT2D eigenvalue weighted by Gasteiger charge is 2.19. The molecule has 0 radical (unpaired) electrons. The zero-order valence-electron chi connectivity index (χ0n) is 16.2. The van der Waals surface area contributed by atoms with Crippen molar-refractivity contribution in [3.8, 4) is 11.5 Å². The third kappa shape index (κ3) is 3.77. The Morgan fingerprint density at radius 3 is 2.93 bits per heavy atom. The number of rotatable bonds is 5. The third-order valence-electron chi connectivity index (χ3n) is 5.27. The molecule has 148 valence electrons. The minimum Gasteiger partial charge on any atom is -0.492 e. The van der Waals surface area contributed by atoms with Crippen molar-refractivity contribution >= 4 is 16.8 Å². The van der Waals surface area contributed by atoms with Gasteiger partial charge in [-0.2, -0.15) is 0 Å². The Morgan fingerprint density at radius 1 is 1.14 bits per heavy atom. The molecule has 0 amide bonds. The minimum absolute atomic E-state index is 0.634. The topological polar surface area (TPSA) is 48.2 Å². The lowest BCUT2D eigenvalue weighted by Crippen LogP contribution is -2.38. The summed E-state index contributed by atoms with van der Waals surface area (Å²) >= 11 is 0. The zero-order chi connectivity index (χ0) is 19.6. The number of fused-ring (bicyclic) bond motifs is 2. The van der Waals surface area contributed by atoms with Gasteiger partial charge in [-0.15, -0.1) is 0 Å². The first kappa shape index (κ1) is 18.0. The summed E-state index contributed by atoms with van der Waals surface area (Å²) in [5.41, 5.74) is 3.72. The number of allylic oxidation sites excluding steroid dienone is 2. The maximum Gasteiger partial charge on any atom is 0.153 e. The average Bonchev–Trinajstić information content (AvgIpc) is 3.22. The van der Waals surface area contributed by atoms with E-state index >= 15 is 0 Å². The normalized spacial score (nSPS) is 17.0. The van der Waals surface area contributed by atoms with Crippen LogP contribution in [-0.2, 0) is 4.74 Å².